The summed E-state index contributed by atoms with van der Waals surface area (Å²) in [5.74, 6) is -1.93. The minimum Gasteiger partial charge on any atom is -0.352 e. The summed E-state index contributed by atoms with van der Waals surface area (Å²) in [6.07, 6.45) is 3.20. The van der Waals surface area contributed by atoms with Gasteiger partial charge in [0.25, 0.3) is 0 Å². The van der Waals surface area contributed by atoms with Gasteiger partial charge in [-0.05, 0) is 63.9 Å². The van der Waals surface area contributed by atoms with Crippen LogP contribution in [0.1, 0.15) is 43.0 Å². The number of nitrogens with zero attached hydrogens (tertiary/aromatic N) is 1. The number of halogens is 2. The molecule has 0 bridgehead atoms. The molecule has 0 aromatic heterocycles. The van der Waals surface area contributed by atoms with Gasteiger partial charge in [-0.15, -0.1) is 0 Å². The third-order valence-corrected chi connectivity index (χ3v) is 4.95. The summed E-state index contributed by atoms with van der Waals surface area (Å²) in [5.41, 5.74) is -0.173. The van der Waals surface area contributed by atoms with Gasteiger partial charge in [-0.1, -0.05) is 0 Å². The zero-order valence-electron chi connectivity index (χ0n) is 13.7. The number of hydrogen-bond acceptors (Lipinski definition) is 3. The molecule has 1 heterocycles. The SMILES string of the molecule is CC(C(=O)NC1CC1)N1CCC(C(=O)c2cc(F)ccc2F)CC1. The van der Waals surface area contributed by atoms with E-state index in [2.05, 4.69) is 5.32 Å². The molecule has 1 aromatic rings. The Bertz CT molecular complexity index is 638. The predicted molar refractivity (Wildman–Crippen MR) is 85.6 cm³/mol. The molecule has 2 fully saturated rings. The molecule has 24 heavy (non-hydrogen) atoms. The number of nitrogens with one attached hydrogen (secondary N) is 1. The van der Waals surface area contributed by atoms with Gasteiger partial charge in [0, 0.05) is 12.0 Å². The molecule has 1 N–H and O–H groups in total. The second-order valence-electron chi connectivity index (χ2n) is 6.76. The number of ketones is 1. The lowest BCUT2D eigenvalue weighted by atomic mass is 9.88. The Morgan fingerprint density at radius 1 is 1.17 bits per heavy atom. The summed E-state index contributed by atoms with van der Waals surface area (Å²) in [4.78, 5) is 26.6. The number of amides is 1. The molecule has 1 aromatic carbocycles. The van der Waals surface area contributed by atoms with E-state index in [-0.39, 0.29) is 29.2 Å². The van der Waals surface area contributed by atoms with Crippen LogP contribution < -0.4 is 5.32 Å². The van der Waals surface area contributed by atoms with Gasteiger partial charge in [0.2, 0.25) is 5.91 Å². The molecule has 1 aliphatic heterocycles. The highest BCUT2D eigenvalue weighted by molar-refractivity contribution is 5.98. The van der Waals surface area contributed by atoms with E-state index >= 15 is 0 Å². The van der Waals surface area contributed by atoms with Crippen molar-refractivity contribution < 1.29 is 18.4 Å². The van der Waals surface area contributed by atoms with Gasteiger partial charge < -0.3 is 5.32 Å². The second kappa shape index (κ2) is 6.97. The molecule has 1 amide bonds. The molecule has 1 saturated carbocycles. The van der Waals surface area contributed by atoms with Crippen molar-refractivity contribution in [2.24, 2.45) is 5.92 Å². The van der Waals surface area contributed by atoms with E-state index in [4.69, 9.17) is 0 Å². The van der Waals surface area contributed by atoms with Crippen LogP contribution in [0.15, 0.2) is 18.2 Å². The fourth-order valence-electron chi connectivity index (χ4n) is 3.17. The van der Waals surface area contributed by atoms with E-state index in [1.165, 1.54) is 0 Å². The van der Waals surface area contributed by atoms with Gasteiger partial charge in [-0.3, -0.25) is 14.5 Å². The predicted octanol–water partition coefficient (Wildman–Crippen LogP) is 2.53. The van der Waals surface area contributed by atoms with Crippen LogP contribution in [0.3, 0.4) is 0 Å². The summed E-state index contributed by atoms with van der Waals surface area (Å²) >= 11 is 0. The first-order valence-electron chi connectivity index (χ1n) is 8.49. The average Bonchev–Trinajstić information content (AvgIpc) is 3.40. The third kappa shape index (κ3) is 3.80. The zero-order chi connectivity index (χ0) is 17.3. The van der Waals surface area contributed by atoms with Crippen LogP contribution in [0.25, 0.3) is 0 Å². The number of rotatable bonds is 5. The first kappa shape index (κ1) is 17.0. The van der Waals surface area contributed by atoms with E-state index in [9.17, 15) is 18.4 Å². The molecule has 6 heteroatoms. The lowest BCUT2D eigenvalue weighted by Crippen LogP contribution is -2.49. The number of likely N-dealkylation sites (tertiary alicyclic amines) is 1. The standard InChI is InChI=1S/C18H22F2N2O2/c1-11(18(24)21-14-3-4-14)22-8-6-12(7-9-22)17(23)15-10-13(19)2-5-16(15)20/h2,5,10-12,14H,3-4,6-9H2,1H3,(H,21,24). The monoisotopic (exact) mass is 336 g/mol. The van der Waals surface area contributed by atoms with Gasteiger partial charge in [0.15, 0.2) is 5.78 Å². The zero-order valence-corrected chi connectivity index (χ0v) is 13.7. The van der Waals surface area contributed by atoms with Crippen LogP contribution >= 0.6 is 0 Å². The molecule has 0 spiro atoms. The smallest absolute Gasteiger partial charge is 0.237 e. The Morgan fingerprint density at radius 3 is 2.46 bits per heavy atom. The van der Waals surface area contributed by atoms with E-state index in [1.807, 2.05) is 11.8 Å². The van der Waals surface area contributed by atoms with E-state index in [0.717, 1.165) is 31.0 Å². The molecule has 4 nitrogen and oxygen atoms in total. The Hall–Kier alpha value is -1.82. The highest BCUT2D eigenvalue weighted by Crippen LogP contribution is 2.25. The van der Waals surface area contributed by atoms with Crippen LogP contribution in [0, 0.1) is 17.6 Å². The van der Waals surface area contributed by atoms with Crippen molar-refractivity contribution in [2.45, 2.75) is 44.7 Å². The minimum absolute atomic E-state index is 0.0263. The van der Waals surface area contributed by atoms with E-state index in [0.29, 0.717) is 32.0 Å². The van der Waals surface area contributed by atoms with Gasteiger partial charge >= 0.3 is 0 Å². The van der Waals surface area contributed by atoms with Crippen LogP contribution in [0.2, 0.25) is 0 Å². The van der Waals surface area contributed by atoms with Crippen LogP contribution in [-0.2, 0) is 4.79 Å². The molecule has 2 aliphatic rings. The van der Waals surface area contributed by atoms with E-state index < -0.39 is 11.6 Å². The topological polar surface area (TPSA) is 49.4 Å². The highest BCUT2D eigenvalue weighted by Gasteiger charge is 2.33. The Morgan fingerprint density at radius 2 is 1.83 bits per heavy atom. The minimum atomic E-state index is -0.680. The van der Waals surface area contributed by atoms with Crippen molar-refractivity contribution in [1.82, 2.24) is 10.2 Å². The van der Waals surface area contributed by atoms with E-state index in [1.54, 1.807) is 0 Å². The van der Waals surface area contributed by atoms with Crippen LogP contribution in [0.4, 0.5) is 8.78 Å². The van der Waals surface area contributed by atoms with Crippen molar-refractivity contribution in [1.29, 1.82) is 0 Å². The quantitative estimate of drug-likeness (QED) is 0.841. The Balaban J connectivity index is 1.57. The first-order chi connectivity index (χ1) is 11.5. The van der Waals surface area contributed by atoms with Gasteiger partial charge in [-0.25, -0.2) is 8.78 Å². The largest absolute Gasteiger partial charge is 0.352 e. The summed E-state index contributed by atoms with van der Waals surface area (Å²) < 4.78 is 27.0. The van der Waals surface area contributed by atoms with Gasteiger partial charge in [0.1, 0.15) is 11.6 Å². The molecule has 0 radical (unpaired) electrons. The number of carbonyl (C=O) groups is 2. The summed E-state index contributed by atoms with van der Waals surface area (Å²) in [7, 11) is 0. The van der Waals surface area contributed by atoms with Crippen molar-refractivity contribution >= 4 is 11.7 Å². The van der Waals surface area contributed by atoms with Crippen molar-refractivity contribution in [3.05, 3.63) is 35.4 Å². The molecule has 1 unspecified atom stereocenters. The van der Waals surface area contributed by atoms with Crippen molar-refractivity contribution in [3.63, 3.8) is 0 Å². The highest BCUT2D eigenvalue weighted by atomic mass is 19.1. The first-order valence-corrected chi connectivity index (χ1v) is 8.49. The summed E-state index contributed by atoms with van der Waals surface area (Å²) in [5, 5.41) is 2.99. The molecular formula is C18H22F2N2O2. The summed E-state index contributed by atoms with van der Waals surface area (Å²) in [6.45, 7) is 3.07. The second-order valence-corrected chi connectivity index (χ2v) is 6.76. The molecule has 1 saturated heterocycles. The lowest BCUT2D eigenvalue weighted by molar-refractivity contribution is -0.126. The number of Topliss-reactive ketones (excluding diaryl/α,β-unsaturated/α-hetero) is 1. The van der Waals surface area contributed by atoms with Crippen LogP contribution in [0.5, 0.6) is 0 Å². The summed E-state index contributed by atoms with van der Waals surface area (Å²) in [6, 6.07) is 3.06. The fourth-order valence-corrected chi connectivity index (χ4v) is 3.17. The van der Waals surface area contributed by atoms with Gasteiger partial charge in [0.05, 0.1) is 11.6 Å². The lowest BCUT2D eigenvalue weighted by Gasteiger charge is -2.34. The number of piperidine rings is 1. The van der Waals surface area contributed by atoms with Crippen molar-refractivity contribution in [2.75, 3.05) is 13.1 Å². The fraction of sp³-hybridized carbons (Fsp3) is 0.556. The molecular weight excluding hydrogens is 314 g/mol. The van der Waals surface area contributed by atoms with Crippen molar-refractivity contribution in [3.8, 4) is 0 Å². The third-order valence-electron chi connectivity index (χ3n) is 4.95. The molecule has 1 atom stereocenters. The van der Waals surface area contributed by atoms with Gasteiger partial charge in [-0.2, -0.15) is 0 Å². The average molecular weight is 336 g/mol. The Kier molecular flexibility index (Phi) is 4.94. The molecule has 130 valence electrons. The number of carbonyl (C=O) groups excluding carboxylic acids is 2. The Labute approximate surface area is 140 Å². The normalized spacial score (nSPS) is 20.6. The maximum atomic E-state index is 13.8. The maximum Gasteiger partial charge on any atom is 0.237 e. The molecule has 1 aliphatic carbocycles. The number of benzene rings is 1. The maximum absolute atomic E-state index is 13.8. The van der Waals surface area contributed by atoms with Crippen LogP contribution in [-0.4, -0.2) is 41.8 Å². The number of hydrogen-bond donors (Lipinski definition) is 1. The molecule has 3 rings (SSSR count).